The summed E-state index contributed by atoms with van der Waals surface area (Å²) < 4.78 is 12.7. The zero-order valence-electron chi connectivity index (χ0n) is 12.1. The Morgan fingerprint density at radius 3 is 3.05 bits per heavy atom. The molecule has 1 heterocycles. The first-order chi connectivity index (χ1) is 9.60. The molecular weight excluding hydrogens is 320 g/mol. The van der Waals surface area contributed by atoms with Crippen molar-refractivity contribution < 1.29 is 9.47 Å². The van der Waals surface area contributed by atoms with Gasteiger partial charge in [0.2, 0.25) is 0 Å². The summed E-state index contributed by atoms with van der Waals surface area (Å²) >= 11 is 3.47. The predicted molar refractivity (Wildman–Crippen MR) is 84.1 cm³/mol. The molecule has 0 saturated carbocycles. The molecule has 0 aliphatic carbocycles. The lowest BCUT2D eigenvalue weighted by atomic mass is 10.1. The molecule has 1 aliphatic heterocycles. The lowest BCUT2D eigenvalue weighted by Gasteiger charge is -2.32. The van der Waals surface area contributed by atoms with Crippen molar-refractivity contribution in [2.24, 2.45) is 5.73 Å². The fourth-order valence-corrected chi connectivity index (χ4v) is 2.74. The van der Waals surface area contributed by atoms with E-state index >= 15 is 0 Å². The number of likely N-dealkylation sites (N-methyl/N-ethyl adjacent to an activating group) is 1. The number of halogens is 1. The van der Waals surface area contributed by atoms with E-state index in [0.717, 1.165) is 42.0 Å². The van der Waals surface area contributed by atoms with Gasteiger partial charge in [0.25, 0.3) is 0 Å². The van der Waals surface area contributed by atoms with Gasteiger partial charge in [-0.1, -0.05) is 22.9 Å². The summed E-state index contributed by atoms with van der Waals surface area (Å²) in [6, 6.07) is 5.90. The largest absolute Gasteiger partial charge is 0.490 e. The maximum Gasteiger partial charge on any atom is 0.124 e. The first-order valence-electron chi connectivity index (χ1n) is 7.12. The molecule has 0 aromatic heterocycles. The number of benzene rings is 1. The summed E-state index contributed by atoms with van der Waals surface area (Å²) in [7, 11) is 0. The molecular formula is C15H23BrN2O2. The molecule has 1 saturated heterocycles. The molecule has 2 rings (SSSR count). The van der Waals surface area contributed by atoms with Crippen LogP contribution >= 0.6 is 15.9 Å². The minimum absolute atomic E-state index is 0.0538. The Bertz CT molecular complexity index is 440. The van der Waals surface area contributed by atoms with Crippen molar-refractivity contribution in [3.63, 3.8) is 0 Å². The van der Waals surface area contributed by atoms with E-state index in [1.165, 1.54) is 0 Å². The maximum absolute atomic E-state index is 6.00. The van der Waals surface area contributed by atoms with Gasteiger partial charge in [-0.25, -0.2) is 0 Å². The van der Waals surface area contributed by atoms with E-state index in [2.05, 4.69) is 27.8 Å². The number of rotatable bonds is 5. The zero-order valence-corrected chi connectivity index (χ0v) is 13.7. The summed E-state index contributed by atoms with van der Waals surface area (Å²) in [5.74, 6) is 0.848. The molecule has 0 spiro atoms. The second-order valence-electron chi connectivity index (χ2n) is 5.17. The van der Waals surface area contributed by atoms with Gasteiger partial charge in [-0.05, 0) is 31.7 Å². The Morgan fingerprint density at radius 1 is 1.55 bits per heavy atom. The minimum Gasteiger partial charge on any atom is -0.490 e. The van der Waals surface area contributed by atoms with Crippen molar-refractivity contribution in [1.29, 1.82) is 0 Å². The molecule has 2 N–H and O–H groups in total. The molecule has 1 fully saturated rings. The van der Waals surface area contributed by atoms with Gasteiger partial charge in [0.05, 0.1) is 6.61 Å². The molecule has 112 valence electrons. The fourth-order valence-electron chi connectivity index (χ4n) is 2.36. The number of nitrogens with zero attached hydrogens (tertiary/aromatic N) is 1. The fraction of sp³-hybridized carbons (Fsp3) is 0.600. The molecule has 0 bridgehead atoms. The number of nitrogens with two attached hydrogens (primary N) is 1. The Balaban J connectivity index is 1.96. The molecule has 0 amide bonds. The molecule has 0 radical (unpaired) electrons. The third-order valence-electron chi connectivity index (χ3n) is 3.56. The topological polar surface area (TPSA) is 47.7 Å². The van der Waals surface area contributed by atoms with Gasteiger partial charge in [-0.15, -0.1) is 0 Å². The van der Waals surface area contributed by atoms with E-state index in [9.17, 15) is 0 Å². The maximum atomic E-state index is 6.00. The van der Waals surface area contributed by atoms with E-state index in [4.69, 9.17) is 15.2 Å². The van der Waals surface area contributed by atoms with Gasteiger partial charge in [0.1, 0.15) is 18.5 Å². The number of hydrogen-bond donors (Lipinski definition) is 1. The normalized spacial score (nSPS) is 21.7. The molecule has 1 unspecified atom stereocenters. The monoisotopic (exact) mass is 342 g/mol. The highest BCUT2D eigenvalue weighted by Gasteiger charge is 2.20. The summed E-state index contributed by atoms with van der Waals surface area (Å²) in [4.78, 5) is 2.38. The zero-order chi connectivity index (χ0) is 14.5. The lowest BCUT2D eigenvalue weighted by Crippen LogP contribution is -2.44. The first-order valence-corrected chi connectivity index (χ1v) is 7.91. The quantitative estimate of drug-likeness (QED) is 0.893. The van der Waals surface area contributed by atoms with Gasteiger partial charge >= 0.3 is 0 Å². The number of ether oxygens (including phenoxy) is 2. The van der Waals surface area contributed by atoms with Crippen LogP contribution in [0.25, 0.3) is 0 Å². The first kappa shape index (κ1) is 15.8. The number of hydrogen-bond acceptors (Lipinski definition) is 4. The van der Waals surface area contributed by atoms with Crippen LogP contribution in [-0.4, -0.2) is 43.9 Å². The van der Waals surface area contributed by atoms with Crippen LogP contribution in [0.1, 0.15) is 25.5 Å². The molecule has 1 aromatic rings. The van der Waals surface area contributed by atoms with Gasteiger partial charge in [0.15, 0.2) is 0 Å². The third-order valence-corrected chi connectivity index (χ3v) is 4.05. The Hall–Kier alpha value is -0.620. The summed E-state index contributed by atoms with van der Waals surface area (Å²) in [5.41, 5.74) is 7.01. The van der Waals surface area contributed by atoms with E-state index in [-0.39, 0.29) is 12.1 Å². The van der Waals surface area contributed by atoms with Crippen molar-refractivity contribution in [3.05, 3.63) is 28.2 Å². The molecule has 1 aliphatic rings. The molecule has 2 atom stereocenters. The lowest BCUT2D eigenvalue weighted by molar-refractivity contribution is -0.0465. The van der Waals surface area contributed by atoms with Crippen LogP contribution < -0.4 is 10.5 Å². The van der Waals surface area contributed by atoms with Crippen molar-refractivity contribution in [2.75, 3.05) is 32.8 Å². The van der Waals surface area contributed by atoms with E-state index in [0.29, 0.717) is 6.61 Å². The molecule has 1 aromatic carbocycles. The SMILES string of the molecule is CCN1CCOC(COc2ccc(Br)cc2[C@@H](C)N)C1. The highest BCUT2D eigenvalue weighted by atomic mass is 79.9. The molecule has 5 heteroatoms. The van der Waals surface area contributed by atoms with Crippen molar-refractivity contribution in [3.8, 4) is 5.75 Å². The average Bonchev–Trinajstić information content (AvgIpc) is 2.46. The summed E-state index contributed by atoms with van der Waals surface area (Å²) in [6.07, 6.45) is 0.133. The van der Waals surface area contributed by atoms with Crippen LogP contribution in [0, 0.1) is 0 Å². The van der Waals surface area contributed by atoms with E-state index < -0.39 is 0 Å². The van der Waals surface area contributed by atoms with Crippen molar-refractivity contribution in [2.45, 2.75) is 26.0 Å². The average molecular weight is 343 g/mol. The van der Waals surface area contributed by atoms with Crippen LogP contribution in [0.15, 0.2) is 22.7 Å². The van der Waals surface area contributed by atoms with Crippen LogP contribution in [0.2, 0.25) is 0 Å². The Labute approximate surface area is 129 Å². The van der Waals surface area contributed by atoms with E-state index in [1.54, 1.807) is 0 Å². The second kappa shape index (κ2) is 7.41. The molecule has 20 heavy (non-hydrogen) atoms. The van der Waals surface area contributed by atoms with Gasteiger partial charge < -0.3 is 15.2 Å². The number of morpholine rings is 1. The van der Waals surface area contributed by atoms with Crippen LogP contribution in [0.5, 0.6) is 5.75 Å². The van der Waals surface area contributed by atoms with E-state index in [1.807, 2.05) is 25.1 Å². The predicted octanol–water partition coefficient (Wildman–Crippen LogP) is 2.57. The standard InChI is InChI=1S/C15H23BrN2O2/c1-3-18-6-7-19-13(9-18)10-20-15-5-4-12(16)8-14(15)11(2)17/h4-5,8,11,13H,3,6-7,9-10,17H2,1-2H3/t11-,13?/m1/s1. The summed E-state index contributed by atoms with van der Waals surface area (Å²) in [6.45, 7) is 8.48. The van der Waals surface area contributed by atoms with Crippen molar-refractivity contribution in [1.82, 2.24) is 4.90 Å². The van der Waals surface area contributed by atoms with Crippen molar-refractivity contribution >= 4 is 15.9 Å². The van der Waals surface area contributed by atoms with Crippen LogP contribution in [0.4, 0.5) is 0 Å². The highest BCUT2D eigenvalue weighted by Crippen LogP contribution is 2.27. The molecule has 4 nitrogen and oxygen atoms in total. The Morgan fingerprint density at radius 2 is 2.35 bits per heavy atom. The van der Waals surface area contributed by atoms with Crippen LogP contribution in [0.3, 0.4) is 0 Å². The van der Waals surface area contributed by atoms with Gasteiger partial charge in [-0.3, -0.25) is 4.90 Å². The second-order valence-corrected chi connectivity index (χ2v) is 6.08. The highest BCUT2D eigenvalue weighted by molar-refractivity contribution is 9.10. The Kier molecular flexibility index (Phi) is 5.84. The third kappa shape index (κ3) is 4.19. The van der Waals surface area contributed by atoms with Crippen LogP contribution in [-0.2, 0) is 4.74 Å². The summed E-state index contributed by atoms with van der Waals surface area (Å²) in [5, 5.41) is 0. The minimum atomic E-state index is -0.0538. The van der Waals surface area contributed by atoms with Gasteiger partial charge in [-0.2, -0.15) is 0 Å². The smallest absolute Gasteiger partial charge is 0.124 e. The van der Waals surface area contributed by atoms with Gasteiger partial charge in [0, 0.05) is 29.2 Å².